The Bertz CT molecular complexity index is 1240. The summed E-state index contributed by atoms with van der Waals surface area (Å²) in [6.07, 6.45) is 6.42. The van der Waals surface area contributed by atoms with Gasteiger partial charge in [0.15, 0.2) is 0 Å². The number of nitrogens with zero attached hydrogens (tertiary/aromatic N) is 2. The van der Waals surface area contributed by atoms with Crippen molar-refractivity contribution >= 4 is 21.6 Å². The first kappa shape index (κ1) is 27.3. The number of methoxy groups -OCH3 is 1. The normalized spacial score (nSPS) is 23.0. The Morgan fingerprint density at radius 3 is 2.19 bits per heavy atom. The Hall–Kier alpha value is -2.78. The number of hydrogen-bond acceptors (Lipinski definition) is 5. The molecule has 1 N–H and O–H groups in total. The van der Waals surface area contributed by atoms with E-state index in [4.69, 9.17) is 4.74 Å². The molecule has 0 saturated carbocycles. The second-order valence-corrected chi connectivity index (χ2v) is 12.1. The van der Waals surface area contributed by atoms with E-state index in [9.17, 15) is 18.3 Å². The van der Waals surface area contributed by atoms with Crippen molar-refractivity contribution in [2.24, 2.45) is 5.92 Å². The molecule has 198 valence electrons. The number of ether oxygens (including phenoxy) is 1. The van der Waals surface area contributed by atoms with Crippen LogP contribution in [0.2, 0.25) is 0 Å². The second kappa shape index (κ2) is 11.3. The molecule has 37 heavy (non-hydrogen) atoms. The molecule has 3 unspecified atom stereocenters. The van der Waals surface area contributed by atoms with Crippen molar-refractivity contribution in [3.63, 3.8) is 0 Å². The number of piperidine rings is 1. The highest BCUT2D eigenvalue weighted by molar-refractivity contribution is 7.90. The smallest absolute Gasteiger partial charge is 0.322 e. The monoisotopic (exact) mass is 524 g/mol. The van der Waals surface area contributed by atoms with Crippen LogP contribution in [0.25, 0.3) is 5.57 Å². The Balaban J connectivity index is 1.50. The number of aliphatic carboxylic acids is 1. The van der Waals surface area contributed by atoms with Crippen LogP contribution in [0, 0.1) is 5.92 Å². The van der Waals surface area contributed by atoms with Crippen molar-refractivity contribution < 1.29 is 23.1 Å². The lowest BCUT2D eigenvalue weighted by Crippen LogP contribution is -2.56. The maximum atomic E-state index is 13.9. The first-order chi connectivity index (χ1) is 17.7. The fourth-order valence-corrected chi connectivity index (χ4v) is 7.30. The predicted octanol–water partition coefficient (Wildman–Crippen LogP) is 4.56. The second-order valence-electron chi connectivity index (χ2n) is 9.84. The average Bonchev–Trinajstić information content (AvgIpc) is 2.93. The maximum absolute atomic E-state index is 13.9. The highest BCUT2D eigenvalue weighted by atomic mass is 32.2. The molecule has 4 rings (SSSR count). The number of allylic oxidation sites excluding steroid dienone is 2. The summed E-state index contributed by atoms with van der Waals surface area (Å²) >= 11 is 0. The molecule has 1 saturated heterocycles. The van der Waals surface area contributed by atoms with E-state index in [2.05, 4.69) is 24.0 Å². The minimum absolute atomic E-state index is 0.0935. The number of likely N-dealkylation sites (tertiary alicyclic amines) is 1. The molecule has 2 aliphatic rings. The molecule has 1 fully saturated rings. The topological polar surface area (TPSA) is 87.2 Å². The van der Waals surface area contributed by atoms with Gasteiger partial charge < -0.3 is 9.84 Å². The summed E-state index contributed by atoms with van der Waals surface area (Å²) in [7, 11) is -1.43. The highest BCUT2D eigenvalue weighted by Gasteiger charge is 2.50. The number of rotatable bonds is 9. The van der Waals surface area contributed by atoms with E-state index < -0.39 is 27.0 Å². The van der Waals surface area contributed by atoms with Gasteiger partial charge in [-0.2, -0.15) is 4.31 Å². The van der Waals surface area contributed by atoms with Crippen LogP contribution in [0.4, 0.5) is 0 Å². The highest BCUT2D eigenvalue weighted by Crippen LogP contribution is 2.38. The van der Waals surface area contributed by atoms with Gasteiger partial charge in [-0.25, -0.2) is 8.42 Å². The molecule has 0 spiro atoms. The summed E-state index contributed by atoms with van der Waals surface area (Å²) in [4.78, 5) is 13.1. The summed E-state index contributed by atoms with van der Waals surface area (Å²) < 4.78 is 34.4. The molecule has 0 radical (unpaired) electrons. The van der Waals surface area contributed by atoms with E-state index in [1.165, 1.54) is 19.7 Å². The maximum Gasteiger partial charge on any atom is 0.322 e. The van der Waals surface area contributed by atoms with E-state index in [-0.39, 0.29) is 18.4 Å². The number of hydrogen-bond donors (Lipinski definition) is 1. The third-order valence-electron chi connectivity index (χ3n) is 7.89. The van der Waals surface area contributed by atoms with Crippen molar-refractivity contribution in [1.29, 1.82) is 0 Å². The molecule has 0 aromatic heterocycles. The summed E-state index contributed by atoms with van der Waals surface area (Å²) in [5.74, 6) is -1.43. The fraction of sp³-hybridized carbons (Fsp3) is 0.414. The van der Waals surface area contributed by atoms with Crippen molar-refractivity contribution in [1.82, 2.24) is 9.21 Å². The van der Waals surface area contributed by atoms with Crippen molar-refractivity contribution in [2.45, 2.75) is 43.2 Å². The molecule has 1 aliphatic heterocycles. The van der Waals surface area contributed by atoms with Crippen LogP contribution < -0.4 is 0 Å². The van der Waals surface area contributed by atoms with Gasteiger partial charge in [0.2, 0.25) is 15.0 Å². The quantitative estimate of drug-likeness (QED) is 0.518. The van der Waals surface area contributed by atoms with Crippen LogP contribution in [0.15, 0.2) is 78.9 Å². The molecule has 2 aromatic rings. The number of likely N-dealkylation sites (N-methyl/N-ethyl adjacent to an activating group) is 1. The summed E-state index contributed by atoms with van der Waals surface area (Å²) in [6.45, 7) is 3.56. The van der Waals surface area contributed by atoms with Gasteiger partial charge in [0, 0.05) is 26.6 Å². The van der Waals surface area contributed by atoms with Crippen molar-refractivity contribution in [3.05, 3.63) is 90.0 Å². The molecule has 2 aromatic carbocycles. The van der Waals surface area contributed by atoms with Gasteiger partial charge in [0.05, 0.1) is 0 Å². The van der Waals surface area contributed by atoms with Gasteiger partial charge in [-0.1, -0.05) is 72.8 Å². The largest absolute Gasteiger partial charge is 0.480 e. The summed E-state index contributed by atoms with van der Waals surface area (Å²) in [6, 6.07) is 19.0. The van der Waals surface area contributed by atoms with E-state index in [1.54, 1.807) is 12.2 Å². The Labute approximate surface area is 220 Å². The Kier molecular flexibility index (Phi) is 8.33. The van der Waals surface area contributed by atoms with Crippen LogP contribution in [-0.2, 0) is 19.6 Å². The first-order valence-electron chi connectivity index (χ1n) is 12.7. The van der Waals surface area contributed by atoms with E-state index in [0.717, 1.165) is 15.4 Å². The number of carboxylic acid groups (broad SMARTS) is 1. The van der Waals surface area contributed by atoms with Crippen LogP contribution in [0.5, 0.6) is 0 Å². The minimum atomic E-state index is -4.16. The molecule has 1 heterocycles. The molecule has 0 amide bonds. The van der Waals surface area contributed by atoms with Crippen molar-refractivity contribution in [2.75, 3.05) is 27.2 Å². The van der Waals surface area contributed by atoms with Gasteiger partial charge in [-0.3, -0.25) is 9.69 Å². The van der Waals surface area contributed by atoms with Crippen LogP contribution in [0.1, 0.15) is 43.4 Å². The number of carboxylic acids is 1. The standard InChI is InChI=1S/C29H36N2O5S/c1-22(23-10-6-4-7-11-23)31-20-16-26(17-21-31)27(28(32)33)30(2)37(34,35)29(36-3)18-14-25(15-19-29)24-12-8-5-9-13-24/h4-15,18,22,26-27H,16-17,19-21H2,1-3H3,(H,32,33). The summed E-state index contributed by atoms with van der Waals surface area (Å²) in [5, 5.41) is 10.2. The Morgan fingerprint density at radius 1 is 1.08 bits per heavy atom. The van der Waals surface area contributed by atoms with E-state index in [1.807, 2.05) is 54.6 Å². The van der Waals surface area contributed by atoms with Gasteiger partial charge in [0.25, 0.3) is 0 Å². The lowest BCUT2D eigenvalue weighted by molar-refractivity contribution is -0.143. The lowest BCUT2D eigenvalue weighted by atomic mass is 9.88. The summed E-state index contributed by atoms with van der Waals surface area (Å²) in [5.41, 5.74) is 3.10. The van der Waals surface area contributed by atoms with Crippen LogP contribution in [-0.4, -0.2) is 66.9 Å². The number of benzene rings is 2. The molecule has 1 aliphatic carbocycles. The van der Waals surface area contributed by atoms with Gasteiger partial charge in [-0.15, -0.1) is 0 Å². The van der Waals surface area contributed by atoms with Gasteiger partial charge >= 0.3 is 5.97 Å². The lowest BCUT2D eigenvalue weighted by Gasteiger charge is -2.42. The zero-order valence-electron chi connectivity index (χ0n) is 21.7. The van der Waals surface area contributed by atoms with Crippen molar-refractivity contribution in [3.8, 4) is 0 Å². The predicted molar refractivity (Wildman–Crippen MR) is 145 cm³/mol. The van der Waals surface area contributed by atoms with Crippen LogP contribution in [0.3, 0.4) is 0 Å². The zero-order valence-corrected chi connectivity index (χ0v) is 22.5. The van der Waals surface area contributed by atoms with Crippen LogP contribution >= 0.6 is 0 Å². The number of carbonyl (C=O) groups is 1. The number of sulfonamides is 1. The minimum Gasteiger partial charge on any atom is -0.480 e. The SMILES string of the molecule is COC1(S(=O)(=O)N(C)C(C(=O)O)C2CCN(C(C)c3ccccc3)CC2)C=CC(c2ccccc2)=CC1. The zero-order chi connectivity index (χ0) is 26.6. The van der Waals surface area contributed by atoms with Gasteiger partial charge in [-0.05, 0) is 61.5 Å². The average molecular weight is 525 g/mol. The molecule has 0 bridgehead atoms. The molecular weight excluding hydrogens is 488 g/mol. The molecule has 8 heteroatoms. The first-order valence-corrected chi connectivity index (χ1v) is 14.1. The fourth-order valence-electron chi connectivity index (χ4n) is 5.51. The van der Waals surface area contributed by atoms with Gasteiger partial charge in [0.1, 0.15) is 6.04 Å². The Morgan fingerprint density at radius 2 is 1.68 bits per heavy atom. The third-order valence-corrected chi connectivity index (χ3v) is 10.2. The third kappa shape index (κ3) is 5.43. The van der Waals surface area contributed by atoms with E-state index in [0.29, 0.717) is 25.9 Å². The molecule has 7 nitrogen and oxygen atoms in total. The van der Waals surface area contributed by atoms with E-state index >= 15 is 0 Å². The molecule has 3 atom stereocenters. The molecular formula is C29H36N2O5S.